The first-order valence-electron chi connectivity index (χ1n) is 7.19. The molecule has 0 radical (unpaired) electrons. The highest BCUT2D eigenvalue weighted by atomic mass is 16.7. The summed E-state index contributed by atoms with van der Waals surface area (Å²) in [4.78, 5) is 27.0. The lowest BCUT2D eigenvalue weighted by Crippen LogP contribution is -2.04. The van der Waals surface area contributed by atoms with Gasteiger partial charge in [-0.25, -0.2) is 4.79 Å². The summed E-state index contributed by atoms with van der Waals surface area (Å²) in [5.41, 5.74) is 1.59. The van der Waals surface area contributed by atoms with Gasteiger partial charge in [0.05, 0.1) is 17.1 Å². The van der Waals surface area contributed by atoms with Crippen molar-refractivity contribution in [2.24, 2.45) is 11.1 Å². The zero-order chi connectivity index (χ0) is 16.2. The van der Waals surface area contributed by atoms with Gasteiger partial charge in [0.1, 0.15) is 0 Å². The van der Waals surface area contributed by atoms with E-state index in [0.29, 0.717) is 5.56 Å². The summed E-state index contributed by atoms with van der Waals surface area (Å²) < 4.78 is 0. The maximum atomic E-state index is 11.9. The fourth-order valence-corrected chi connectivity index (χ4v) is 2.45. The Morgan fingerprint density at radius 3 is 2.74 bits per heavy atom. The van der Waals surface area contributed by atoms with Gasteiger partial charge in [-0.1, -0.05) is 47.6 Å². The second kappa shape index (κ2) is 6.39. The Morgan fingerprint density at radius 1 is 1.22 bits per heavy atom. The summed E-state index contributed by atoms with van der Waals surface area (Å²) in [5.74, 6) is -0.350. The lowest BCUT2D eigenvalue weighted by molar-refractivity contribution is -0.384. The normalized spacial score (nSPS) is 19.5. The third kappa shape index (κ3) is 3.60. The van der Waals surface area contributed by atoms with Gasteiger partial charge < -0.3 is 4.84 Å². The fraction of sp³-hybridized carbons (Fsp3) is 0.176. The summed E-state index contributed by atoms with van der Waals surface area (Å²) in [7, 11) is 0. The number of nitrogens with zero attached hydrogens (tertiary/aromatic N) is 2. The first kappa shape index (κ1) is 14.9. The number of carbonyl (C=O) groups excluding carboxylic acids is 1. The minimum atomic E-state index is -0.488. The number of hydrogen-bond acceptors (Lipinski definition) is 5. The number of nitro benzene ring substituents is 1. The van der Waals surface area contributed by atoms with Gasteiger partial charge >= 0.3 is 5.97 Å². The molecule has 0 saturated heterocycles. The molecule has 1 fully saturated rings. The third-order valence-corrected chi connectivity index (χ3v) is 3.75. The van der Waals surface area contributed by atoms with Crippen LogP contribution in [-0.2, 0) is 9.63 Å². The van der Waals surface area contributed by atoms with Gasteiger partial charge in [-0.2, -0.15) is 0 Å². The van der Waals surface area contributed by atoms with Crippen molar-refractivity contribution in [2.45, 2.75) is 12.3 Å². The lowest BCUT2D eigenvalue weighted by Gasteiger charge is -1.98. The molecule has 23 heavy (non-hydrogen) atoms. The molecule has 0 bridgehead atoms. The van der Waals surface area contributed by atoms with Gasteiger partial charge in [0.15, 0.2) is 0 Å². The van der Waals surface area contributed by atoms with Gasteiger partial charge in [-0.3, -0.25) is 10.1 Å². The van der Waals surface area contributed by atoms with Crippen LogP contribution in [0.15, 0.2) is 59.8 Å². The summed E-state index contributed by atoms with van der Waals surface area (Å²) in [6, 6.07) is 15.7. The highest BCUT2D eigenvalue weighted by Crippen LogP contribution is 2.48. The molecule has 6 nitrogen and oxygen atoms in total. The maximum Gasteiger partial charge on any atom is 0.338 e. The number of nitro groups is 1. The molecule has 3 rings (SSSR count). The zero-order valence-corrected chi connectivity index (χ0v) is 12.2. The number of benzene rings is 2. The number of carbonyl (C=O) groups is 1. The van der Waals surface area contributed by atoms with Crippen LogP contribution in [-0.4, -0.2) is 17.1 Å². The monoisotopic (exact) mass is 310 g/mol. The minimum Gasteiger partial charge on any atom is -0.318 e. The molecule has 0 aliphatic heterocycles. The van der Waals surface area contributed by atoms with Gasteiger partial charge in [0, 0.05) is 17.7 Å². The van der Waals surface area contributed by atoms with E-state index in [1.807, 2.05) is 30.3 Å². The number of oxime groups is 1. The van der Waals surface area contributed by atoms with Crippen molar-refractivity contribution in [3.05, 3.63) is 75.8 Å². The van der Waals surface area contributed by atoms with Crippen LogP contribution in [0.25, 0.3) is 0 Å². The molecule has 1 aliphatic rings. The number of non-ortho nitro benzene ring substituents is 1. The Hall–Kier alpha value is -3.02. The van der Waals surface area contributed by atoms with E-state index in [0.717, 1.165) is 12.0 Å². The summed E-state index contributed by atoms with van der Waals surface area (Å²) in [6.07, 6.45) is 2.06. The first-order chi connectivity index (χ1) is 11.1. The van der Waals surface area contributed by atoms with E-state index in [9.17, 15) is 14.9 Å². The predicted octanol–water partition coefficient (Wildman–Crippen LogP) is 3.28. The molecule has 1 saturated carbocycles. The molecule has 2 aromatic rings. The SMILES string of the molecule is O=C(O/N=C/c1cccc([N+](=O)[O-])c1)[C@H]1C[C@H]1c1ccccc1. The molecule has 0 unspecified atom stereocenters. The van der Waals surface area contributed by atoms with Crippen LogP contribution in [0.1, 0.15) is 23.5 Å². The molecule has 2 atom stereocenters. The highest BCUT2D eigenvalue weighted by Gasteiger charge is 2.45. The van der Waals surface area contributed by atoms with Crippen LogP contribution in [0, 0.1) is 16.0 Å². The second-order valence-electron chi connectivity index (χ2n) is 5.36. The van der Waals surface area contributed by atoms with E-state index < -0.39 is 4.92 Å². The van der Waals surface area contributed by atoms with Crippen LogP contribution in [0.3, 0.4) is 0 Å². The van der Waals surface area contributed by atoms with Crippen LogP contribution >= 0.6 is 0 Å². The maximum absolute atomic E-state index is 11.9. The van der Waals surface area contributed by atoms with E-state index in [1.54, 1.807) is 12.1 Å². The van der Waals surface area contributed by atoms with E-state index in [2.05, 4.69) is 5.16 Å². The Bertz CT molecular complexity index is 758. The van der Waals surface area contributed by atoms with Crippen LogP contribution in [0.2, 0.25) is 0 Å². The first-order valence-corrected chi connectivity index (χ1v) is 7.19. The van der Waals surface area contributed by atoms with E-state index >= 15 is 0 Å². The predicted molar refractivity (Wildman–Crippen MR) is 84.1 cm³/mol. The Labute approximate surface area is 132 Å². The smallest absolute Gasteiger partial charge is 0.318 e. The Morgan fingerprint density at radius 2 is 2.00 bits per heavy atom. The molecule has 0 aromatic heterocycles. The molecule has 0 amide bonds. The molecule has 116 valence electrons. The Kier molecular flexibility index (Phi) is 4.14. The van der Waals surface area contributed by atoms with Crippen molar-refractivity contribution in [2.75, 3.05) is 0 Å². The second-order valence-corrected chi connectivity index (χ2v) is 5.36. The average Bonchev–Trinajstić information content (AvgIpc) is 3.36. The van der Waals surface area contributed by atoms with E-state index in [1.165, 1.54) is 18.3 Å². The summed E-state index contributed by atoms with van der Waals surface area (Å²) >= 11 is 0. The summed E-state index contributed by atoms with van der Waals surface area (Å²) in [5, 5.41) is 14.3. The molecule has 0 N–H and O–H groups in total. The largest absolute Gasteiger partial charge is 0.338 e. The topological polar surface area (TPSA) is 81.8 Å². The molecule has 1 aliphatic carbocycles. The molecule has 2 aromatic carbocycles. The standard InChI is InChI=1S/C17H14N2O4/c20-17(16-10-15(16)13-6-2-1-3-7-13)23-18-11-12-5-4-8-14(9-12)19(21)22/h1-9,11,15-16H,10H2/b18-11+/t15-,16-/m0/s1. The van der Waals surface area contributed by atoms with Crippen molar-refractivity contribution in [3.8, 4) is 0 Å². The van der Waals surface area contributed by atoms with Crippen LogP contribution in [0.4, 0.5) is 5.69 Å². The van der Waals surface area contributed by atoms with Gasteiger partial charge in [-0.05, 0) is 17.9 Å². The molecular weight excluding hydrogens is 296 g/mol. The lowest BCUT2D eigenvalue weighted by atomic mass is 10.1. The highest BCUT2D eigenvalue weighted by molar-refractivity contribution is 5.82. The van der Waals surface area contributed by atoms with Crippen molar-refractivity contribution in [1.82, 2.24) is 0 Å². The van der Waals surface area contributed by atoms with Gasteiger partial charge in [-0.15, -0.1) is 0 Å². The molecule has 0 heterocycles. The van der Waals surface area contributed by atoms with Crippen molar-refractivity contribution < 1.29 is 14.6 Å². The number of rotatable bonds is 5. The van der Waals surface area contributed by atoms with E-state index in [4.69, 9.17) is 4.84 Å². The van der Waals surface area contributed by atoms with Crippen LogP contribution < -0.4 is 0 Å². The van der Waals surface area contributed by atoms with Crippen LogP contribution in [0.5, 0.6) is 0 Å². The third-order valence-electron chi connectivity index (χ3n) is 3.75. The Balaban J connectivity index is 1.56. The minimum absolute atomic E-state index is 0.0355. The van der Waals surface area contributed by atoms with Gasteiger partial charge in [0.25, 0.3) is 5.69 Å². The average molecular weight is 310 g/mol. The van der Waals surface area contributed by atoms with Crippen molar-refractivity contribution in [3.63, 3.8) is 0 Å². The molecule has 6 heteroatoms. The summed E-state index contributed by atoms with van der Waals surface area (Å²) in [6.45, 7) is 0. The molecule has 0 spiro atoms. The van der Waals surface area contributed by atoms with Crippen molar-refractivity contribution in [1.29, 1.82) is 0 Å². The molecular formula is C17H14N2O4. The number of hydrogen-bond donors (Lipinski definition) is 0. The van der Waals surface area contributed by atoms with Gasteiger partial charge in [0.2, 0.25) is 0 Å². The quantitative estimate of drug-likeness (QED) is 0.367. The van der Waals surface area contributed by atoms with E-state index in [-0.39, 0.29) is 23.5 Å². The fourth-order valence-electron chi connectivity index (χ4n) is 2.45. The zero-order valence-electron chi connectivity index (χ0n) is 12.2. The van der Waals surface area contributed by atoms with Crippen molar-refractivity contribution >= 4 is 17.9 Å².